The first kappa shape index (κ1) is 16.6. The number of anilines is 1. The lowest BCUT2D eigenvalue weighted by atomic mass is 10.1. The molecular formula is C21H27N3. The Kier molecular flexibility index (Phi) is 4.61. The SMILES string of the molecule is Cc1ccc(CNc2nccc3c(C)c(C)n(CC(C)C)c23)cc1. The van der Waals surface area contributed by atoms with Crippen molar-refractivity contribution in [2.45, 2.75) is 47.7 Å². The van der Waals surface area contributed by atoms with Crippen LogP contribution in [0.1, 0.15) is 36.2 Å². The number of benzene rings is 1. The molecule has 0 bridgehead atoms. The van der Waals surface area contributed by atoms with Crippen LogP contribution in [-0.4, -0.2) is 9.55 Å². The molecule has 0 spiro atoms. The predicted octanol–water partition coefficient (Wildman–Crippen LogP) is 5.23. The van der Waals surface area contributed by atoms with Crippen LogP contribution in [-0.2, 0) is 13.1 Å². The Morgan fingerprint density at radius 2 is 1.75 bits per heavy atom. The Bertz CT molecular complexity index is 842. The number of rotatable bonds is 5. The molecular weight excluding hydrogens is 294 g/mol. The molecule has 0 saturated heterocycles. The van der Waals surface area contributed by atoms with Gasteiger partial charge in [-0.3, -0.25) is 0 Å². The van der Waals surface area contributed by atoms with Crippen molar-refractivity contribution in [2.24, 2.45) is 5.92 Å². The van der Waals surface area contributed by atoms with Crippen LogP contribution in [0.4, 0.5) is 5.82 Å². The Hall–Kier alpha value is -2.29. The number of aryl methyl sites for hydroxylation is 2. The first-order valence-electron chi connectivity index (χ1n) is 8.71. The standard InChI is InChI=1S/C21H27N3/c1-14(2)13-24-17(5)16(4)19-10-11-22-21(20(19)24)23-12-18-8-6-15(3)7-9-18/h6-11,14H,12-13H2,1-5H3,(H,22,23). The lowest BCUT2D eigenvalue weighted by Gasteiger charge is -2.14. The van der Waals surface area contributed by atoms with E-state index in [9.17, 15) is 0 Å². The van der Waals surface area contributed by atoms with Crippen LogP contribution < -0.4 is 5.32 Å². The summed E-state index contributed by atoms with van der Waals surface area (Å²) in [5.74, 6) is 1.58. The summed E-state index contributed by atoms with van der Waals surface area (Å²) in [7, 11) is 0. The van der Waals surface area contributed by atoms with Gasteiger partial charge in [-0.15, -0.1) is 0 Å². The highest BCUT2D eigenvalue weighted by Gasteiger charge is 2.15. The van der Waals surface area contributed by atoms with Crippen molar-refractivity contribution in [2.75, 3.05) is 5.32 Å². The highest BCUT2D eigenvalue weighted by Crippen LogP contribution is 2.30. The zero-order chi connectivity index (χ0) is 17.3. The van der Waals surface area contributed by atoms with Gasteiger partial charge in [0.1, 0.15) is 0 Å². The van der Waals surface area contributed by atoms with Crippen LogP contribution in [0, 0.1) is 26.7 Å². The van der Waals surface area contributed by atoms with Gasteiger partial charge in [-0.2, -0.15) is 0 Å². The van der Waals surface area contributed by atoms with Gasteiger partial charge in [0.15, 0.2) is 5.82 Å². The van der Waals surface area contributed by atoms with Gasteiger partial charge in [0.05, 0.1) is 5.52 Å². The maximum Gasteiger partial charge on any atom is 0.150 e. The molecule has 0 amide bonds. The number of nitrogens with one attached hydrogen (secondary N) is 1. The second-order valence-corrected chi connectivity index (χ2v) is 7.11. The van der Waals surface area contributed by atoms with Crippen LogP contribution in [0.3, 0.4) is 0 Å². The van der Waals surface area contributed by atoms with E-state index in [0.29, 0.717) is 5.92 Å². The van der Waals surface area contributed by atoms with Crippen molar-refractivity contribution < 1.29 is 0 Å². The molecule has 1 N–H and O–H groups in total. The van der Waals surface area contributed by atoms with E-state index >= 15 is 0 Å². The van der Waals surface area contributed by atoms with Crippen molar-refractivity contribution in [1.82, 2.24) is 9.55 Å². The van der Waals surface area contributed by atoms with Gasteiger partial charge in [-0.1, -0.05) is 43.7 Å². The molecule has 3 nitrogen and oxygen atoms in total. The summed E-state index contributed by atoms with van der Waals surface area (Å²) in [6.07, 6.45) is 1.91. The second-order valence-electron chi connectivity index (χ2n) is 7.11. The summed E-state index contributed by atoms with van der Waals surface area (Å²) >= 11 is 0. The van der Waals surface area contributed by atoms with Gasteiger partial charge in [0, 0.05) is 30.4 Å². The van der Waals surface area contributed by atoms with E-state index in [4.69, 9.17) is 0 Å². The molecule has 3 rings (SSSR count). The van der Waals surface area contributed by atoms with Gasteiger partial charge in [-0.05, 0) is 43.9 Å². The van der Waals surface area contributed by atoms with Crippen LogP contribution in [0.2, 0.25) is 0 Å². The summed E-state index contributed by atoms with van der Waals surface area (Å²) in [6, 6.07) is 10.8. The van der Waals surface area contributed by atoms with E-state index in [-0.39, 0.29) is 0 Å². The fourth-order valence-corrected chi connectivity index (χ4v) is 3.21. The van der Waals surface area contributed by atoms with Crippen molar-refractivity contribution in [3.8, 4) is 0 Å². The average molecular weight is 321 g/mol. The number of fused-ring (bicyclic) bond motifs is 1. The third-order valence-corrected chi connectivity index (χ3v) is 4.67. The van der Waals surface area contributed by atoms with Crippen molar-refractivity contribution >= 4 is 16.7 Å². The molecule has 0 radical (unpaired) electrons. The lowest BCUT2D eigenvalue weighted by molar-refractivity contribution is 0.527. The molecule has 0 fully saturated rings. The van der Waals surface area contributed by atoms with Crippen LogP contribution >= 0.6 is 0 Å². The zero-order valence-corrected chi connectivity index (χ0v) is 15.4. The first-order valence-corrected chi connectivity index (χ1v) is 8.71. The molecule has 126 valence electrons. The minimum atomic E-state index is 0.601. The van der Waals surface area contributed by atoms with Crippen molar-refractivity contribution in [3.05, 3.63) is 58.9 Å². The summed E-state index contributed by atoms with van der Waals surface area (Å²) in [6.45, 7) is 12.9. The fraction of sp³-hybridized carbons (Fsp3) is 0.381. The molecule has 2 heterocycles. The third kappa shape index (κ3) is 3.16. The molecule has 3 heteroatoms. The number of pyridine rings is 1. The van der Waals surface area contributed by atoms with Gasteiger partial charge < -0.3 is 9.88 Å². The van der Waals surface area contributed by atoms with E-state index in [1.807, 2.05) is 6.20 Å². The topological polar surface area (TPSA) is 29.9 Å². The monoisotopic (exact) mass is 321 g/mol. The van der Waals surface area contributed by atoms with Crippen molar-refractivity contribution in [1.29, 1.82) is 0 Å². The maximum absolute atomic E-state index is 4.63. The molecule has 0 unspecified atom stereocenters. The molecule has 0 saturated carbocycles. The largest absolute Gasteiger partial charge is 0.364 e. The summed E-state index contributed by atoms with van der Waals surface area (Å²) in [4.78, 5) is 4.63. The second kappa shape index (κ2) is 6.68. The van der Waals surface area contributed by atoms with Crippen LogP contribution in [0.15, 0.2) is 36.5 Å². The van der Waals surface area contributed by atoms with E-state index < -0.39 is 0 Å². The zero-order valence-electron chi connectivity index (χ0n) is 15.4. The highest BCUT2D eigenvalue weighted by molar-refractivity contribution is 5.93. The number of hydrogen-bond donors (Lipinski definition) is 1. The number of nitrogens with zero attached hydrogens (tertiary/aromatic N) is 2. The molecule has 1 aromatic carbocycles. The Morgan fingerprint density at radius 1 is 1.04 bits per heavy atom. The molecule has 0 aliphatic rings. The van der Waals surface area contributed by atoms with Gasteiger partial charge in [-0.25, -0.2) is 4.98 Å². The minimum absolute atomic E-state index is 0.601. The summed E-state index contributed by atoms with van der Waals surface area (Å²) < 4.78 is 2.42. The Labute approximate surface area is 144 Å². The molecule has 0 aliphatic carbocycles. The normalized spacial score (nSPS) is 11.4. The minimum Gasteiger partial charge on any atom is -0.364 e. The number of hydrogen-bond acceptors (Lipinski definition) is 2. The van der Waals surface area contributed by atoms with Gasteiger partial charge in [0.2, 0.25) is 0 Å². The highest BCUT2D eigenvalue weighted by atomic mass is 15.1. The fourth-order valence-electron chi connectivity index (χ4n) is 3.21. The lowest BCUT2D eigenvalue weighted by Crippen LogP contribution is -2.09. The quantitative estimate of drug-likeness (QED) is 0.697. The summed E-state index contributed by atoms with van der Waals surface area (Å²) in [5, 5.41) is 4.85. The third-order valence-electron chi connectivity index (χ3n) is 4.67. The Morgan fingerprint density at radius 3 is 2.42 bits per heavy atom. The van der Waals surface area contributed by atoms with E-state index in [2.05, 4.69) is 79.8 Å². The van der Waals surface area contributed by atoms with Crippen LogP contribution in [0.5, 0.6) is 0 Å². The van der Waals surface area contributed by atoms with E-state index in [0.717, 1.165) is 18.9 Å². The predicted molar refractivity (Wildman–Crippen MR) is 103 cm³/mol. The average Bonchev–Trinajstić information content (AvgIpc) is 2.80. The molecule has 3 aromatic rings. The van der Waals surface area contributed by atoms with Crippen LogP contribution in [0.25, 0.3) is 10.9 Å². The molecule has 24 heavy (non-hydrogen) atoms. The molecule has 0 atom stereocenters. The molecule has 2 aromatic heterocycles. The molecule has 0 aliphatic heterocycles. The maximum atomic E-state index is 4.63. The number of aromatic nitrogens is 2. The van der Waals surface area contributed by atoms with Crippen molar-refractivity contribution in [3.63, 3.8) is 0 Å². The van der Waals surface area contributed by atoms with Gasteiger partial charge in [0.25, 0.3) is 0 Å². The van der Waals surface area contributed by atoms with E-state index in [1.165, 1.54) is 33.3 Å². The van der Waals surface area contributed by atoms with E-state index in [1.54, 1.807) is 0 Å². The first-order chi connectivity index (χ1) is 11.5. The summed E-state index contributed by atoms with van der Waals surface area (Å²) in [5.41, 5.74) is 6.48. The Balaban J connectivity index is 1.98. The smallest absolute Gasteiger partial charge is 0.150 e. The van der Waals surface area contributed by atoms with Gasteiger partial charge >= 0.3 is 0 Å².